The Hall–Kier alpha value is -1.72. The molecule has 2 fully saturated rings. The van der Waals surface area contributed by atoms with E-state index in [0.717, 1.165) is 57.0 Å². The third-order valence-electron chi connectivity index (χ3n) is 5.02. The molecule has 23 heavy (non-hydrogen) atoms. The Kier molecular flexibility index (Phi) is 4.14. The molecule has 2 aliphatic rings. The summed E-state index contributed by atoms with van der Waals surface area (Å²) in [6, 6.07) is 8.88. The Morgan fingerprint density at radius 2 is 1.83 bits per heavy atom. The van der Waals surface area contributed by atoms with E-state index in [2.05, 4.69) is 34.2 Å². The number of hydrogen-bond acceptors (Lipinski definition) is 5. The number of aryl methyl sites for hydroxylation is 1. The lowest BCUT2D eigenvalue weighted by Crippen LogP contribution is -2.37. The molecular formula is C18H23N3O2. The largest absolute Gasteiger partial charge is 0.420 e. The molecule has 3 heterocycles. The quantitative estimate of drug-likeness (QED) is 0.872. The van der Waals surface area contributed by atoms with E-state index in [-0.39, 0.29) is 0 Å². The van der Waals surface area contributed by atoms with Gasteiger partial charge in [0.1, 0.15) is 0 Å². The highest BCUT2D eigenvalue weighted by Gasteiger charge is 2.32. The van der Waals surface area contributed by atoms with Crippen molar-refractivity contribution < 1.29 is 9.15 Å². The summed E-state index contributed by atoms with van der Waals surface area (Å²) in [7, 11) is 0. The first-order valence-corrected chi connectivity index (χ1v) is 8.52. The molecule has 1 atom stereocenters. The molecule has 0 bridgehead atoms. The van der Waals surface area contributed by atoms with Crippen LogP contribution in [0.5, 0.6) is 0 Å². The number of benzene rings is 1. The molecule has 1 aromatic carbocycles. The monoisotopic (exact) mass is 313 g/mol. The molecule has 2 saturated heterocycles. The number of rotatable bonds is 3. The summed E-state index contributed by atoms with van der Waals surface area (Å²) in [5.74, 6) is 1.78. The maximum Gasteiger partial charge on any atom is 0.247 e. The van der Waals surface area contributed by atoms with Crippen molar-refractivity contribution in [2.24, 2.45) is 0 Å². The van der Waals surface area contributed by atoms with Gasteiger partial charge in [-0.05, 0) is 44.9 Å². The number of likely N-dealkylation sites (tertiary alicyclic amines) is 1. The lowest BCUT2D eigenvalue weighted by molar-refractivity contribution is 0.0417. The van der Waals surface area contributed by atoms with E-state index in [4.69, 9.17) is 9.15 Å². The van der Waals surface area contributed by atoms with E-state index in [0.29, 0.717) is 17.9 Å². The molecule has 122 valence electrons. The normalized spacial score (nSPS) is 23.4. The lowest BCUT2D eigenvalue weighted by atomic mass is 10.1. The smallest absolute Gasteiger partial charge is 0.247 e. The molecule has 0 spiro atoms. The molecule has 4 rings (SSSR count). The second-order valence-electron chi connectivity index (χ2n) is 6.64. The van der Waals surface area contributed by atoms with Gasteiger partial charge in [-0.3, -0.25) is 4.90 Å². The summed E-state index contributed by atoms with van der Waals surface area (Å²) in [4.78, 5) is 2.57. The Morgan fingerprint density at radius 3 is 2.61 bits per heavy atom. The molecule has 2 aromatic rings. The van der Waals surface area contributed by atoms with Crippen LogP contribution in [0.1, 0.15) is 36.6 Å². The van der Waals surface area contributed by atoms with Gasteiger partial charge in [0.05, 0.1) is 5.92 Å². The Bertz CT molecular complexity index is 647. The van der Waals surface area contributed by atoms with Crippen molar-refractivity contribution >= 4 is 0 Å². The maximum absolute atomic E-state index is 5.96. The third-order valence-corrected chi connectivity index (χ3v) is 5.02. The average molecular weight is 313 g/mol. The molecule has 0 amide bonds. The fraction of sp³-hybridized carbons (Fsp3) is 0.556. The van der Waals surface area contributed by atoms with E-state index in [9.17, 15) is 0 Å². The van der Waals surface area contributed by atoms with Crippen molar-refractivity contribution in [3.63, 3.8) is 0 Å². The van der Waals surface area contributed by atoms with Gasteiger partial charge in [0.15, 0.2) is 0 Å². The van der Waals surface area contributed by atoms with Crippen molar-refractivity contribution in [3.05, 3.63) is 35.7 Å². The van der Waals surface area contributed by atoms with Crippen molar-refractivity contribution in [1.29, 1.82) is 0 Å². The van der Waals surface area contributed by atoms with Crippen LogP contribution in [-0.4, -0.2) is 47.4 Å². The van der Waals surface area contributed by atoms with Gasteiger partial charge in [0.2, 0.25) is 11.8 Å². The second kappa shape index (κ2) is 6.42. The molecule has 0 radical (unpaired) electrons. The number of nitrogens with zero attached hydrogens (tertiary/aromatic N) is 3. The summed E-state index contributed by atoms with van der Waals surface area (Å²) in [5.41, 5.74) is 2.23. The highest BCUT2D eigenvalue weighted by atomic mass is 16.5. The van der Waals surface area contributed by atoms with Crippen LogP contribution < -0.4 is 0 Å². The zero-order valence-electron chi connectivity index (χ0n) is 13.6. The van der Waals surface area contributed by atoms with Crippen LogP contribution in [-0.2, 0) is 4.74 Å². The van der Waals surface area contributed by atoms with Gasteiger partial charge in [0, 0.05) is 31.4 Å². The summed E-state index contributed by atoms with van der Waals surface area (Å²) >= 11 is 0. The van der Waals surface area contributed by atoms with Crippen LogP contribution in [0.2, 0.25) is 0 Å². The van der Waals surface area contributed by atoms with Crippen LogP contribution in [0.3, 0.4) is 0 Å². The molecule has 0 saturated carbocycles. The highest BCUT2D eigenvalue weighted by Crippen LogP contribution is 2.31. The van der Waals surface area contributed by atoms with E-state index >= 15 is 0 Å². The van der Waals surface area contributed by atoms with Gasteiger partial charge >= 0.3 is 0 Å². The van der Waals surface area contributed by atoms with Gasteiger partial charge < -0.3 is 9.15 Å². The first-order chi connectivity index (χ1) is 11.3. The van der Waals surface area contributed by atoms with Crippen LogP contribution in [0.15, 0.2) is 28.7 Å². The third kappa shape index (κ3) is 3.16. The minimum atomic E-state index is 0.365. The van der Waals surface area contributed by atoms with Crippen LogP contribution in [0.4, 0.5) is 0 Å². The lowest BCUT2D eigenvalue weighted by Gasteiger charge is -2.30. The molecule has 0 unspecified atom stereocenters. The van der Waals surface area contributed by atoms with Crippen molar-refractivity contribution in [2.75, 3.05) is 26.3 Å². The standard InChI is InChI=1S/C18H23N3O2/c1-13-2-4-14(5-3-13)17-19-20-18(23-17)15-6-9-21(12-15)16-7-10-22-11-8-16/h2-5,15-16H,6-12H2,1H3/t15-/m0/s1. The van der Waals surface area contributed by atoms with Crippen LogP contribution in [0.25, 0.3) is 11.5 Å². The first kappa shape index (κ1) is 14.8. The van der Waals surface area contributed by atoms with Gasteiger partial charge in [-0.2, -0.15) is 0 Å². The zero-order valence-corrected chi connectivity index (χ0v) is 13.6. The minimum Gasteiger partial charge on any atom is -0.420 e. The molecule has 0 aliphatic carbocycles. The highest BCUT2D eigenvalue weighted by molar-refractivity contribution is 5.52. The fourth-order valence-corrected chi connectivity index (χ4v) is 3.58. The van der Waals surface area contributed by atoms with E-state index < -0.39 is 0 Å². The predicted octanol–water partition coefficient (Wildman–Crippen LogP) is 3.01. The van der Waals surface area contributed by atoms with Gasteiger partial charge in [-0.15, -0.1) is 10.2 Å². The zero-order chi connectivity index (χ0) is 15.6. The predicted molar refractivity (Wildman–Crippen MR) is 87.2 cm³/mol. The van der Waals surface area contributed by atoms with Gasteiger partial charge in [0.25, 0.3) is 0 Å². The SMILES string of the molecule is Cc1ccc(-c2nnc([C@H]3CCN(C4CCOCC4)C3)o2)cc1. The Balaban J connectivity index is 1.44. The van der Waals surface area contributed by atoms with Crippen molar-refractivity contribution in [2.45, 2.75) is 38.1 Å². The average Bonchev–Trinajstić information content (AvgIpc) is 3.26. The first-order valence-electron chi connectivity index (χ1n) is 8.52. The van der Waals surface area contributed by atoms with E-state index in [1.165, 1.54) is 5.56 Å². The number of hydrogen-bond donors (Lipinski definition) is 0. The minimum absolute atomic E-state index is 0.365. The van der Waals surface area contributed by atoms with E-state index in [1.54, 1.807) is 0 Å². The molecule has 1 aromatic heterocycles. The van der Waals surface area contributed by atoms with Crippen molar-refractivity contribution in [3.8, 4) is 11.5 Å². The maximum atomic E-state index is 5.96. The molecule has 5 heteroatoms. The van der Waals surface area contributed by atoms with Gasteiger partial charge in [-0.25, -0.2) is 0 Å². The Morgan fingerprint density at radius 1 is 1.04 bits per heavy atom. The molecule has 0 N–H and O–H groups in total. The summed E-state index contributed by atoms with van der Waals surface area (Å²) in [6.07, 6.45) is 3.39. The van der Waals surface area contributed by atoms with Crippen LogP contribution in [0, 0.1) is 6.92 Å². The van der Waals surface area contributed by atoms with Crippen molar-refractivity contribution in [1.82, 2.24) is 15.1 Å². The Labute approximate surface area is 136 Å². The number of ether oxygens (including phenoxy) is 1. The fourth-order valence-electron chi connectivity index (χ4n) is 3.58. The number of aromatic nitrogens is 2. The summed E-state index contributed by atoms with van der Waals surface area (Å²) in [6.45, 7) is 6.01. The summed E-state index contributed by atoms with van der Waals surface area (Å²) in [5, 5.41) is 8.55. The second-order valence-corrected chi connectivity index (χ2v) is 6.64. The topological polar surface area (TPSA) is 51.4 Å². The molecular weight excluding hydrogens is 290 g/mol. The van der Waals surface area contributed by atoms with Crippen LogP contribution >= 0.6 is 0 Å². The van der Waals surface area contributed by atoms with Gasteiger partial charge in [-0.1, -0.05) is 17.7 Å². The molecule has 5 nitrogen and oxygen atoms in total. The van der Waals surface area contributed by atoms with E-state index in [1.807, 2.05) is 12.1 Å². The summed E-state index contributed by atoms with van der Waals surface area (Å²) < 4.78 is 11.4. The molecule has 2 aliphatic heterocycles.